The van der Waals surface area contributed by atoms with Crippen LogP contribution in [0.1, 0.15) is 48.1 Å². The number of nitrogens with one attached hydrogen (secondary N) is 1. The van der Waals surface area contributed by atoms with Crippen LogP contribution in [-0.2, 0) is 4.79 Å². The molecule has 26 heavy (non-hydrogen) atoms. The van der Waals surface area contributed by atoms with Gasteiger partial charge in [-0.3, -0.25) is 9.59 Å². The van der Waals surface area contributed by atoms with E-state index >= 15 is 0 Å². The normalized spacial score (nSPS) is 14.9. The van der Waals surface area contributed by atoms with Gasteiger partial charge in [-0.25, -0.2) is 0 Å². The molecular formula is C20H24N2O4. The van der Waals surface area contributed by atoms with Crippen LogP contribution in [0.3, 0.4) is 0 Å². The number of rotatable bonds is 7. The Morgan fingerprint density at radius 3 is 2.69 bits per heavy atom. The van der Waals surface area contributed by atoms with Crippen molar-refractivity contribution in [2.75, 3.05) is 19.7 Å². The van der Waals surface area contributed by atoms with Gasteiger partial charge < -0.3 is 19.4 Å². The number of para-hydroxylation sites is 1. The first-order chi connectivity index (χ1) is 12.7. The summed E-state index contributed by atoms with van der Waals surface area (Å²) in [5, 5.41) is 2.99. The number of amides is 2. The highest BCUT2D eigenvalue weighted by molar-refractivity contribution is 5.94. The Balaban J connectivity index is 1.68. The van der Waals surface area contributed by atoms with Crippen molar-refractivity contribution in [1.29, 1.82) is 0 Å². The third kappa shape index (κ3) is 4.25. The molecule has 0 radical (unpaired) electrons. The Morgan fingerprint density at radius 1 is 1.23 bits per heavy atom. The number of likely N-dealkylation sites (tertiary alicyclic amines) is 1. The monoisotopic (exact) mass is 356 g/mol. The van der Waals surface area contributed by atoms with E-state index in [2.05, 4.69) is 5.32 Å². The predicted molar refractivity (Wildman–Crippen MR) is 97.0 cm³/mol. The topological polar surface area (TPSA) is 71.8 Å². The van der Waals surface area contributed by atoms with E-state index in [4.69, 9.17) is 9.15 Å². The fourth-order valence-corrected chi connectivity index (χ4v) is 3.13. The van der Waals surface area contributed by atoms with Crippen LogP contribution in [0.4, 0.5) is 0 Å². The second kappa shape index (κ2) is 8.56. The van der Waals surface area contributed by atoms with Gasteiger partial charge >= 0.3 is 0 Å². The third-order valence-electron chi connectivity index (χ3n) is 4.60. The standard InChI is InChI=1S/C20H24N2O4/c1-2-17(21-20(24)15-9-12-25-13-15)16-7-3-4-8-18(16)26-14-19(23)22-10-5-6-11-22/h3-4,7-9,12-13,17H,2,5-6,10-11,14H2,1H3,(H,21,24)/t17-/m0/s1. The molecule has 0 spiro atoms. The van der Waals surface area contributed by atoms with Gasteiger partial charge in [0.1, 0.15) is 12.0 Å². The van der Waals surface area contributed by atoms with Crippen molar-refractivity contribution in [2.45, 2.75) is 32.2 Å². The number of carbonyl (C=O) groups excluding carboxylic acids is 2. The minimum Gasteiger partial charge on any atom is -0.483 e. The summed E-state index contributed by atoms with van der Waals surface area (Å²) in [6, 6.07) is 8.93. The number of carbonyl (C=O) groups is 2. The van der Waals surface area contributed by atoms with Crippen molar-refractivity contribution in [3.8, 4) is 5.75 Å². The van der Waals surface area contributed by atoms with Crippen LogP contribution in [0.2, 0.25) is 0 Å². The molecule has 138 valence electrons. The zero-order valence-electron chi connectivity index (χ0n) is 14.9. The van der Waals surface area contributed by atoms with Gasteiger partial charge in [0, 0.05) is 18.7 Å². The molecule has 3 rings (SSSR count). The SMILES string of the molecule is CC[C@H](NC(=O)c1ccoc1)c1ccccc1OCC(=O)N1CCCC1. The highest BCUT2D eigenvalue weighted by Gasteiger charge is 2.21. The molecule has 1 saturated heterocycles. The molecule has 2 amide bonds. The third-order valence-corrected chi connectivity index (χ3v) is 4.60. The molecule has 0 aliphatic carbocycles. The molecule has 1 aromatic heterocycles. The number of hydrogen-bond acceptors (Lipinski definition) is 4. The van der Waals surface area contributed by atoms with Crippen LogP contribution in [0, 0.1) is 0 Å². The van der Waals surface area contributed by atoms with E-state index in [9.17, 15) is 9.59 Å². The zero-order valence-corrected chi connectivity index (χ0v) is 14.9. The number of hydrogen-bond donors (Lipinski definition) is 1. The van der Waals surface area contributed by atoms with Gasteiger partial charge in [0.15, 0.2) is 6.61 Å². The number of nitrogens with zero attached hydrogens (tertiary/aromatic N) is 1. The molecule has 2 aromatic rings. The summed E-state index contributed by atoms with van der Waals surface area (Å²) in [7, 11) is 0. The smallest absolute Gasteiger partial charge is 0.260 e. The highest BCUT2D eigenvalue weighted by atomic mass is 16.5. The summed E-state index contributed by atoms with van der Waals surface area (Å²) in [5.74, 6) is 0.431. The van der Waals surface area contributed by atoms with Gasteiger partial charge in [-0.1, -0.05) is 25.1 Å². The molecule has 6 nitrogen and oxygen atoms in total. The largest absolute Gasteiger partial charge is 0.483 e. The van der Waals surface area contributed by atoms with E-state index in [1.165, 1.54) is 12.5 Å². The molecule has 1 fully saturated rings. The van der Waals surface area contributed by atoms with Crippen LogP contribution in [0.25, 0.3) is 0 Å². The lowest BCUT2D eigenvalue weighted by Gasteiger charge is -2.21. The summed E-state index contributed by atoms with van der Waals surface area (Å²) in [4.78, 5) is 26.4. The average molecular weight is 356 g/mol. The minimum atomic E-state index is -0.213. The number of ether oxygens (including phenoxy) is 1. The maximum Gasteiger partial charge on any atom is 0.260 e. The summed E-state index contributed by atoms with van der Waals surface area (Å²) in [5.41, 5.74) is 1.34. The highest BCUT2D eigenvalue weighted by Crippen LogP contribution is 2.27. The predicted octanol–water partition coefficient (Wildman–Crippen LogP) is 3.16. The maximum absolute atomic E-state index is 12.3. The van der Waals surface area contributed by atoms with Crippen molar-refractivity contribution in [1.82, 2.24) is 10.2 Å². The van der Waals surface area contributed by atoms with Crippen molar-refractivity contribution < 1.29 is 18.7 Å². The van der Waals surface area contributed by atoms with E-state index in [-0.39, 0.29) is 24.5 Å². The van der Waals surface area contributed by atoms with Gasteiger partial charge in [0.2, 0.25) is 0 Å². The first kappa shape index (κ1) is 18.0. The molecule has 6 heteroatoms. The Labute approximate surface area is 153 Å². The fourth-order valence-electron chi connectivity index (χ4n) is 3.13. The summed E-state index contributed by atoms with van der Waals surface area (Å²) in [6.45, 7) is 3.62. The second-order valence-electron chi connectivity index (χ2n) is 6.36. The van der Waals surface area contributed by atoms with Crippen molar-refractivity contribution in [2.24, 2.45) is 0 Å². The molecule has 1 aromatic carbocycles. The zero-order chi connectivity index (χ0) is 18.4. The lowest BCUT2D eigenvalue weighted by molar-refractivity contribution is -0.132. The van der Waals surface area contributed by atoms with Gasteiger partial charge in [0.25, 0.3) is 11.8 Å². The minimum absolute atomic E-state index is 0.00721. The van der Waals surface area contributed by atoms with Crippen molar-refractivity contribution in [3.05, 3.63) is 54.0 Å². The Kier molecular flexibility index (Phi) is 5.94. The van der Waals surface area contributed by atoms with E-state index in [1.807, 2.05) is 36.1 Å². The van der Waals surface area contributed by atoms with Gasteiger partial charge in [-0.15, -0.1) is 0 Å². The molecular weight excluding hydrogens is 332 g/mol. The van der Waals surface area contributed by atoms with E-state index in [0.29, 0.717) is 17.7 Å². The Hall–Kier alpha value is -2.76. The van der Waals surface area contributed by atoms with Crippen LogP contribution in [0.15, 0.2) is 47.3 Å². The molecule has 0 bridgehead atoms. The molecule has 0 unspecified atom stereocenters. The van der Waals surface area contributed by atoms with Crippen molar-refractivity contribution in [3.63, 3.8) is 0 Å². The number of benzene rings is 1. The molecule has 0 saturated carbocycles. The summed E-state index contributed by atoms with van der Waals surface area (Å²) >= 11 is 0. The fraction of sp³-hybridized carbons (Fsp3) is 0.400. The Bertz CT molecular complexity index is 736. The van der Waals surface area contributed by atoms with Crippen LogP contribution in [-0.4, -0.2) is 36.4 Å². The van der Waals surface area contributed by atoms with E-state index in [0.717, 1.165) is 31.5 Å². The van der Waals surface area contributed by atoms with Gasteiger partial charge in [-0.2, -0.15) is 0 Å². The van der Waals surface area contributed by atoms with Crippen LogP contribution < -0.4 is 10.1 Å². The lowest BCUT2D eigenvalue weighted by atomic mass is 10.0. The average Bonchev–Trinajstić information content (AvgIpc) is 3.38. The van der Waals surface area contributed by atoms with E-state index < -0.39 is 0 Å². The first-order valence-corrected chi connectivity index (χ1v) is 9.01. The van der Waals surface area contributed by atoms with Crippen molar-refractivity contribution >= 4 is 11.8 Å². The van der Waals surface area contributed by atoms with Crippen LogP contribution in [0.5, 0.6) is 5.75 Å². The van der Waals surface area contributed by atoms with Gasteiger partial charge in [0.05, 0.1) is 17.9 Å². The first-order valence-electron chi connectivity index (χ1n) is 9.01. The molecule has 1 aliphatic rings. The van der Waals surface area contributed by atoms with Crippen LogP contribution >= 0.6 is 0 Å². The maximum atomic E-state index is 12.3. The number of furan rings is 1. The quantitative estimate of drug-likeness (QED) is 0.827. The summed E-state index contributed by atoms with van der Waals surface area (Å²) < 4.78 is 10.8. The molecule has 1 atom stereocenters. The second-order valence-corrected chi connectivity index (χ2v) is 6.36. The van der Waals surface area contributed by atoms with Gasteiger partial charge in [-0.05, 0) is 31.4 Å². The molecule has 1 N–H and O–H groups in total. The van der Waals surface area contributed by atoms with E-state index in [1.54, 1.807) is 6.07 Å². The summed E-state index contributed by atoms with van der Waals surface area (Å²) in [6.07, 6.45) is 5.70. The molecule has 1 aliphatic heterocycles. The molecule has 2 heterocycles. The Morgan fingerprint density at radius 2 is 2.00 bits per heavy atom. The lowest BCUT2D eigenvalue weighted by Crippen LogP contribution is -2.32.